The highest BCUT2D eigenvalue weighted by Gasteiger charge is 2.33. The summed E-state index contributed by atoms with van der Waals surface area (Å²) >= 11 is 0. The fourth-order valence-electron chi connectivity index (χ4n) is 3.82. The molecule has 2 heterocycles. The molecule has 0 spiro atoms. The Morgan fingerprint density at radius 1 is 1.20 bits per heavy atom. The van der Waals surface area contributed by atoms with Gasteiger partial charge in [0, 0.05) is 43.7 Å². The van der Waals surface area contributed by atoms with Crippen LogP contribution in [0.3, 0.4) is 0 Å². The quantitative estimate of drug-likeness (QED) is 0.863. The van der Waals surface area contributed by atoms with Gasteiger partial charge in [-0.1, -0.05) is 25.1 Å². The molecule has 1 aliphatic carbocycles. The second kappa shape index (κ2) is 6.64. The van der Waals surface area contributed by atoms with E-state index in [2.05, 4.69) is 16.8 Å². The summed E-state index contributed by atoms with van der Waals surface area (Å²) in [5.74, 6) is 1.06. The summed E-state index contributed by atoms with van der Waals surface area (Å²) in [5, 5.41) is 0.893. The van der Waals surface area contributed by atoms with Crippen molar-refractivity contribution in [2.45, 2.75) is 25.8 Å². The van der Waals surface area contributed by atoms with E-state index in [0.29, 0.717) is 17.4 Å². The van der Waals surface area contributed by atoms with Gasteiger partial charge in [-0.25, -0.2) is 4.98 Å². The van der Waals surface area contributed by atoms with Gasteiger partial charge in [0.1, 0.15) is 0 Å². The Morgan fingerprint density at radius 2 is 2.00 bits per heavy atom. The van der Waals surface area contributed by atoms with Gasteiger partial charge in [-0.05, 0) is 24.8 Å². The third kappa shape index (κ3) is 3.33. The fourth-order valence-corrected chi connectivity index (χ4v) is 3.82. The molecule has 25 heavy (non-hydrogen) atoms. The van der Waals surface area contributed by atoms with Crippen LogP contribution < -0.4 is 4.74 Å². The van der Waals surface area contributed by atoms with Crippen LogP contribution in [0.4, 0.5) is 0 Å². The summed E-state index contributed by atoms with van der Waals surface area (Å²) in [4.78, 5) is 22.3. The first-order valence-electron chi connectivity index (χ1n) is 9.13. The van der Waals surface area contributed by atoms with Gasteiger partial charge >= 0.3 is 0 Å². The van der Waals surface area contributed by atoms with Gasteiger partial charge in [0.05, 0.1) is 18.2 Å². The third-order valence-corrected chi connectivity index (χ3v) is 5.22. The molecule has 2 fully saturated rings. The first kappa shape index (κ1) is 16.3. The highest BCUT2D eigenvalue weighted by atomic mass is 16.5. The maximum absolute atomic E-state index is 13.3. The van der Waals surface area contributed by atoms with Crippen LogP contribution in [-0.4, -0.2) is 60.0 Å². The van der Waals surface area contributed by atoms with Gasteiger partial charge in [0.25, 0.3) is 5.91 Å². The topological polar surface area (TPSA) is 45.7 Å². The van der Waals surface area contributed by atoms with Crippen LogP contribution in [0.2, 0.25) is 0 Å². The van der Waals surface area contributed by atoms with Crippen LogP contribution in [0.15, 0.2) is 30.3 Å². The lowest BCUT2D eigenvalue weighted by molar-refractivity contribution is 0.0750. The molecule has 0 N–H and O–H groups in total. The minimum atomic E-state index is 0.0846. The van der Waals surface area contributed by atoms with E-state index in [4.69, 9.17) is 4.74 Å². The largest absolute Gasteiger partial charge is 0.481 e. The van der Waals surface area contributed by atoms with Gasteiger partial charge in [-0.15, -0.1) is 0 Å². The average molecular weight is 339 g/mol. The van der Waals surface area contributed by atoms with Crippen molar-refractivity contribution >= 4 is 16.8 Å². The summed E-state index contributed by atoms with van der Waals surface area (Å²) in [6.45, 7) is 5.90. The Hall–Kier alpha value is -2.14. The number of nitrogens with zero attached hydrogens (tertiary/aromatic N) is 3. The molecule has 1 aliphatic heterocycles. The van der Waals surface area contributed by atoms with Crippen LogP contribution in [0.1, 0.15) is 30.1 Å². The number of methoxy groups -OCH3 is 1. The highest BCUT2D eigenvalue weighted by Crippen LogP contribution is 2.29. The maximum atomic E-state index is 13.3. The van der Waals surface area contributed by atoms with Gasteiger partial charge < -0.3 is 9.64 Å². The zero-order valence-electron chi connectivity index (χ0n) is 14.9. The van der Waals surface area contributed by atoms with Crippen molar-refractivity contribution < 1.29 is 9.53 Å². The zero-order valence-corrected chi connectivity index (χ0v) is 14.9. The Labute approximate surface area is 148 Å². The van der Waals surface area contributed by atoms with Crippen molar-refractivity contribution in [1.29, 1.82) is 0 Å². The van der Waals surface area contributed by atoms with E-state index in [1.165, 1.54) is 12.8 Å². The molecule has 5 nitrogen and oxygen atoms in total. The van der Waals surface area contributed by atoms with E-state index in [1.807, 2.05) is 29.2 Å². The number of ether oxygens (including phenoxy) is 1. The van der Waals surface area contributed by atoms with E-state index in [0.717, 1.165) is 43.1 Å². The minimum absolute atomic E-state index is 0.0846. The fraction of sp³-hybridized carbons (Fsp3) is 0.500. The number of carbonyl (C=O) groups excluding carboxylic acids is 1. The number of pyridine rings is 1. The van der Waals surface area contributed by atoms with Gasteiger partial charge in [0.2, 0.25) is 5.88 Å². The van der Waals surface area contributed by atoms with Crippen molar-refractivity contribution in [3.63, 3.8) is 0 Å². The smallest absolute Gasteiger partial charge is 0.254 e. The van der Waals surface area contributed by atoms with Gasteiger partial charge in [-0.2, -0.15) is 0 Å². The standard InChI is InChI=1S/C20H25N3O2/c1-14-12-22(15-7-8-15)9-10-23(13-14)20(24)17-11-19(25-2)21-18-6-4-3-5-16(17)18/h3-6,11,14-15H,7-10,12-13H2,1-2H3. The van der Waals surface area contributed by atoms with E-state index in [9.17, 15) is 4.79 Å². The first-order chi connectivity index (χ1) is 12.2. The molecule has 5 heteroatoms. The second-order valence-corrected chi connectivity index (χ2v) is 7.31. The van der Waals surface area contributed by atoms with E-state index < -0.39 is 0 Å². The SMILES string of the molecule is COc1cc(C(=O)N2CCN(C3CC3)CC(C)C2)c2ccccc2n1. The number of rotatable bonds is 3. The van der Waals surface area contributed by atoms with Crippen LogP contribution >= 0.6 is 0 Å². The molecular formula is C20H25N3O2. The number of aromatic nitrogens is 1. The zero-order chi connectivity index (χ0) is 17.4. The third-order valence-electron chi connectivity index (χ3n) is 5.22. The van der Waals surface area contributed by atoms with Crippen LogP contribution in [0.25, 0.3) is 10.9 Å². The monoisotopic (exact) mass is 339 g/mol. The van der Waals surface area contributed by atoms with Gasteiger partial charge in [0.15, 0.2) is 0 Å². The molecule has 132 valence electrons. The van der Waals surface area contributed by atoms with Gasteiger partial charge in [-0.3, -0.25) is 9.69 Å². The van der Waals surface area contributed by atoms with E-state index in [-0.39, 0.29) is 5.91 Å². The number of hydrogen-bond donors (Lipinski definition) is 0. The van der Waals surface area contributed by atoms with Crippen molar-refractivity contribution in [3.05, 3.63) is 35.9 Å². The summed E-state index contributed by atoms with van der Waals surface area (Å²) in [7, 11) is 1.59. The lowest BCUT2D eigenvalue weighted by atomic mass is 10.1. The molecule has 1 amide bonds. The predicted octanol–water partition coefficient (Wildman–Crippen LogP) is 2.80. The van der Waals surface area contributed by atoms with Crippen molar-refractivity contribution in [2.75, 3.05) is 33.3 Å². The summed E-state index contributed by atoms with van der Waals surface area (Å²) in [6.07, 6.45) is 2.62. The molecule has 1 unspecified atom stereocenters. The Bertz CT molecular complexity index is 788. The van der Waals surface area contributed by atoms with Crippen LogP contribution in [0, 0.1) is 5.92 Å². The molecule has 2 aliphatic rings. The molecule has 1 aromatic heterocycles. The molecular weight excluding hydrogens is 314 g/mol. The lowest BCUT2D eigenvalue weighted by Crippen LogP contribution is -2.36. The number of amides is 1. The number of fused-ring (bicyclic) bond motifs is 1. The molecule has 1 saturated carbocycles. The van der Waals surface area contributed by atoms with E-state index >= 15 is 0 Å². The number of para-hydroxylation sites is 1. The Morgan fingerprint density at radius 3 is 2.76 bits per heavy atom. The highest BCUT2D eigenvalue weighted by molar-refractivity contribution is 6.06. The molecule has 4 rings (SSSR count). The average Bonchev–Trinajstić information content (AvgIpc) is 3.47. The molecule has 2 aromatic rings. The lowest BCUT2D eigenvalue weighted by Gasteiger charge is -2.23. The molecule has 1 aromatic carbocycles. The maximum Gasteiger partial charge on any atom is 0.254 e. The normalized spacial score (nSPS) is 22.0. The molecule has 1 saturated heterocycles. The van der Waals surface area contributed by atoms with Crippen LogP contribution in [-0.2, 0) is 0 Å². The Balaban J connectivity index is 1.64. The summed E-state index contributed by atoms with van der Waals surface area (Å²) in [6, 6.07) is 10.3. The van der Waals surface area contributed by atoms with Crippen molar-refractivity contribution in [2.24, 2.45) is 5.92 Å². The molecule has 1 atom stereocenters. The molecule has 0 radical (unpaired) electrons. The minimum Gasteiger partial charge on any atom is -0.481 e. The number of carbonyl (C=O) groups is 1. The number of benzene rings is 1. The summed E-state index contributed by atoms with van der Waals surface area (Å²) < 4.78 is 5.31. The van der Waals surface area contributed by atoms with Crippen molar-refractivity contribution in [1.82, 2.24) is 14.8 Å². The Kier molecular flexibility index (Phi) is 4.34. The molecule has 0 bridgehead atoms. The summed E-state index contributed by atoms with van der Waals surface area (Å²) in [5.41, 5.74) is 1.49. The van der Waals surface area contributed by atoms with E-state index in [1.54, 1.807) is 13.2 Å². The first-order valence-corrected chi connectivity index (χ1v) is 9.13. The number of hydrogen-bond acceptors (Lipinski definition) is 4. The predicted molar refractivity (Wildman–Crippen MR) is 98.0 cm³/mol. The van der Waals surface area contributed by atoms with Crippen LogP contribution in [0.5, 0.6) is 5.88 Å². The van der Waals surface area contributed by atoms with Crippen molar-refractivity contribution in [3.8, 4) is 5.88 Å². The second-order valence-electron chi connectivity index (χ2n) is 7.31.